The summed E-state index contributed by atoms with van der Waals surface area (Å²) in [4.78, 5) is 13.6. The van der Waals surface area contributed by atoms with Gasteiger partial charge in [-0.1, -0.05) is 0 Å². The standard InChI is InChI=1S/C35H34GeNO4P/c1-29(42(39,40-33-23-13-5-14-24-33)41-34-25-15-6-16-26-34)37-35(38)27-28-36(30-17-7-2-8-18-30,31-19-9-3-10-20-31)32-21-11-4-12-22-32/h2-26,29H,27-28H2,1H3,(H,37,38). The Balaban J connectivity index is 1.42. The first-order valence-electron chi connectivity index (χ1n) is 14.0. The molecule has 1 amide bonds. The molecule has 5 rings (SSSR count). The minimum atomic E-state index is -3.86. The summed E-state index contributed by atoms with van der Waals surface area (Å²) in [6.45, 7) is 1.67. The average molecular weight is 636 g/mol. The van der Waals surface area contributed by atoms with Gasteiger partial charge in [-0.05, 0) is 0 Å². The number of nitrogens with one attached hydrogen (secondary N) is 1. The van der Waals surface area contributed by atoms with Crippen molar-refractivity contribution < 1.29 is 18.4 Å². The molecule has 0 radical (unpaired) electrons. The molecule has 5 aromatic carbocycles. The van der Waals surface area contributed by atoms with E-state index in [1.807, 2.05) is 30.3 Å². The third-order valence-electron chi connectivity index (χ3n) is 7.32. The summed E-state index contributed by atoms with van der Waals surface area (Å²) in [5, 5.41) is 3.65. The predicted octanol–water partition coefficient (Wildman–Crippen LogP) is 6.36. The van der Waals surface area contributed by atoms with Crippen LogP contribution in [0, 0.1) is 0 Å². The van der Waals surface area contributed by atoms with Gasteiger partial charge < -0.3 is 0 Å². The van der Waals surface area contributed by atoms with Crippen molar-refractivity contribution in [1.29, 1.82) is 0 Å². The van der Waals surface area contributed by atoms with Crippen LogP contribution >= 0.6 is 7.60 Å². The summed E-state index contributed by atoms with van der Waals surface area (Å²) in [5.74, 6) is -0.278. The van der Waals surface area contributed by atoms with Crippen LogP contribution in [-0.2, 0) is 9.36 Å². The molecule has 42 heavy (non-hydrogen) atoms. The Morgan fingerprint density at radius 3 is 1.31 bits per heavy atom. The Kier molecular flexibility index (Phi) is 9.63. The number of rotatable bonds is 12. The second-order valence-electron chi connectivity index (χ2n) is 10.1. The Labute approximate surface area is 250 Å². The maximum absolute atomic E-state index is 14.2. The Morgan fingerprint density at radius 1 is 0.619 bits per heavy atom. The van der Waals surface area contributed by atoms with Gasteiger partial charge in [0.1, 0.15) is 0 Å². The van der Waals surface area contributed by atoms with Crippen LogP contribution in [0.25, 0.3) is 0 Å². The summed E-state index contributed by atoms with van der Waals surface area (Å²) in [5.41, 5.74) is 0. The van der Waals surface area contributed by atoms with Gasteiger partial charge in [0.2, 0.25) is 0 Å². The molecule has 5 aromatic rings. The topological polar surface area (TPSA) is 64.6 Å². The molecule has 1 atom stereocenters. The van der Waals surface area contributed by atoms with Crippen molar-refractivity contribution in [2.75, 3.05) is 0 Å². The minimum absolute atomic E-state index is 0.200. The third kappa shape index (κ3) is 6.87. The molecule has 0 spiro atoms. The number of benzene rings is 5. The van der Waals surface area contributed by atoms with Crippen LogP contribution in [0.2, 0.25) is 5.25 Å². The SMILES string of the molecule is CC(NC(=O)C[CH2][Ge]([c]1ccccc1)([c]1ccccc1)[c]1ccccc1)P(=O)(Oc1ccccc1)Oc1ccccc1. The molecule has 0 aliphatic rings. The van der Waals surface area contributed by atoms with Gasteiger partial charge in [-0.15, -0.1) is 0 Å². The molecule has 0 fully saturated rings. The second-order valence-corrected chi connectivity index (χ2v) is 20.8. The van der Waals surface area contributed by atoms with Crippen LogP contribution < -0.4 is 27.6 Å². The van der Waals surface area contributed by atoms with Crippen molar-refractivity contribution >= 4 is 40.0 Å². The van der Waals surface area contributed by atoms with Crippen LogP contribution in [0.15, 0.2) is 152 Å². The van der Waals surface area contributed by atoms with Crippen LogP contribution in [0.1, 0.15) is 13.3 Å². The number of carbonyl (C=O) groups excluding carboxylic acids is 1. The summed E-state index contributed by atoms with van der Waals surface area (Å²) in [7, 11) is -3.86. The Bertz CT molecular complexity index is 1460. The molecule has 1 N–H and O–H groups in total. The molecular weight excluding hydrogens is 602 g/mol. The van der Waals surface area contributed by atoms with Gasteiger partial charge in [0, 0.05) is 0 Å². The van der Waals surface area contributed by atoms with Gasteiger partial charge in [0.05, 0.1) is 0 Å². The van der Waals surface area contributed by atoms with E-state index >= 15 is 0 Å². The fourth-order valence-corrected chi connectivity index (χ4v) is 16.7. The Morgan fingerprint density at radius 2 is 0.952 bits per heavy atom. The van der Waals surface area contributed by atoms with E-state index in [4.69, 9.17) is 9.05 Å². The van der Waals surface area contributed by atoms with E-state index in [9.17, 15) is 9.36 Å². The van der Waals surface area contributed by atoms with Crippen molar-refractivity contribution in [3.63, 3.8) is 0 Å². The zero-order valence-corrected chi connectivity index (χ0v) is 26.5. The van der Waals surface area contributed by atoms with Gasteiger partial charge in [0.15, 0.2) is 0 Å². The average Bonchev–Trinajstić information content (AvgIpc) is 3.04. The number of amides is 1. The number of hydrogen-bond donors (Lipinski definition) is 1. The van der Waals surface area contributed by atoms with Crippen molar-refractivity contribution in [2.24, 2.45) is 0 Å². The zero-order chi connectivity index (χ0) is 29.3. The summed E-state index contributed by atoms with van der Waals surface area (Å²) in [6, 6.07) is 49.4. The van der Waals surface area contributed by atoms with Crippen LogP contribution in [-0.4, -0.2) is 25.0 Å². The predicted molar refractivity (Wildman–Crippen MR) is 173 cm³/mol. The summed E-state index contributed by atoms with van der Waals surface area (Å²) in [6.07, 6.45) is 0.264. The monoisotopic (exact) mass is 637 g/mol. The number of para-hydroxylation sites is 2. The normalized spacial score (nSPS) is 12.2. The van der Waals surface area contributed by atoms with Gasteiger partial charge in [-0.3, -0.25) is 0 Å². The van der Waals surface area contributed by atoms with Crippen molar-refractivity contribution in [3.8, 4) is 11.5 Å². The molecule has 0 aliphatic heterocycles. The molecule has 0 saturated heterocycles. The summed E-state index contributed by atoms with van der Waals surface area (Å²) < 4.78 is 29.9. The zero-order valence-electron chi connectivity index (χ0n) is 23.5. The molecule has 0 saturated carbocycles. The molecule has 5 nitrogen and oxygen atoms in total. The van der Waals surface area contributed by atoms with E-state index < -0.39 is 26.6 Å². The van der Waals surface area contributed by atoms with Crippen LogP contribution in [0.5, 0.6) is 11.5 Å². The molecule has 0 aromatic heterocycles. The molecule has 0 heterocycles. The van der Waals surface area contributed by atoms with Crippen LogP contribution in [0.4, 0.5) is 0 Å². The number of carbonyl (C=O) groups is 1. The molecule has 0 aliphatic carbocycles. The molecule has 7 heteroatoms. The van der Waals surface area contributed by atoms with E-state index in [0.717, 1.165) is 0 Å². The van der Waals surface area contributed by atoms with E-state index in [-0.39, 0.29) is 12.3 Å². The third-order valence-corrected chi connectivity index (χ3v) is 19.7. The van der Waals surface area contributed by atoms with Gasteiger partial charge in [-0.25, -0.2) is 0 Å². The van der Waals surface area contributed by atoms with Crippen molar-refractivity contribution in [2.45, 2.75) is 24.4 Å². The van der Waals surface area contributed by atoms with E-state index in [2.05, 4.69) is 78.1 Å². The quantitative estimate of drug-likeness (QED) is 0.128. The molecule has 1 unspecified atom stereocenters. The Hall–Kier alpha value is -4.06. The summed E-state index contributed by atoms with van der Waals surface area (Å²) >= 11 is -3.31. The molecule has 212 valence electrons. The molecule has 0 bridgehead atoms. The first-order valence-corrected chi connectivity index (χ1v) is 20.3. The van der Waals surface area contributed by atoms with E-state index in [0.29, 0.717) is 16.8 Å². The van der Waals surface area contributed by atoms with Gasteiger partial charge in [0.25, 0.3) is 0 Å². The fourth-order valence-electron chi connectivity index (χ4n) is 5.22. The number of hydrogen-bond acceptors (Lipinski definition) is 4. The van der Waals surface area contributed by atoms with E-state index in [1.54, 1.807) is 55.5 Å². The van der Waals surface area contributed by atoms with Crippen molar-refractivity contribution in [1.82, 2.24) is 5.32 Å². The second kappa shape index (κ2) is 13.7. The van der Waals surface area contributed by atoms with Gasteiger partial charge in [-0.2, -0.15) is 0 Å². The first-order chi connectivity index (χ1) is 20.5. The molecular formula is C35H34GeNO4P. The van der Waals surface area contributed by atoms with E-state index in [1.165, 1.54) is 13.2 Å². The van der Waals surface area contributed by atoms with Crippen LogP contribution in [0.3, 0.4) is 0 Å². The first kappa shape index (κ1) is 29.4. The van der Waals surface area contributed by atoms with Crippen molar-refractivity contribution in [3.05, 3.63) is 152 Å². The maximum atomic E-state index is 14.2. The van der Waals surface area contributed by atoms with Gasteiger partial charge >= 0.3 is 251 Å². The fraction of sp³-hybridized carbons (Fsp3) is 0.114.